The molecule has 0 spiro atoms. The van der Waals surface area contributed by atoms with Gasteiger partial charge in [-0.1, -0.05) is 19.2 Å². The van der Waals surface area contributed by atoms with Crippen LogP contribution in [0.25, 0.3) is 16.5 Å². The number of carbonyl (C=O) groups excluding carboxylic acids is 1. The van der Waals surface area contributed by atoms with Crippen LogP contribution in [-0.2, 0) is 7.05 Å². The average Bonchev–Trinajstić information content (AvgIpc) is 2.64. The quantitative estimate of drug-likeness (QED) is 0.588. The predicted octanol–water partition coefficient (Wildman–Crippen LogP) is 3.89. The van der Waals surface area contributed by atoms with Crippen LogP contribution in [-0.4, -0.2) is 10.4 Å². The van der Waals surface area contributed by atoms with E-state index in [1.807, 2.05) is 32.3 Å². The summed E-state index contributed by atoms with van der Waals surface area (Å²) in [6.07, 6.45) is 3.76. The van der Waals surface area contributed by atoms with E-state index in [9.17, 15) is 4.79 Å². The molecule has 0 unspecified atom stereocenters. The molecule has 2 nitrogen and oxygen atoms in total. The average molecular weight is 239 g/mol. The second-order valence-electron chi connectivity index (χ2n) is 4.62. The number of Topliss-reactive ketones (excluding diaryl/α,β-unsaturated/α-hetero) is 1. The van der Waals surface area contributed by atoms with Gasteiger partial charge < -0.3 is 4.57 Å². The number of rotatable bonds is 3. The van der Waals surface area contributed by atoms with Crippen molar-refractivity contribution in [2.75, 3.05) is 0 Å². The molecule has 2 aromatic rings. The van der Waals surface area contributed by atoms with E-state index in [0.29, 0.717) is 0 Å². The number of carbonyl (C=O) groups is 1. The lowest BCUT2D eigenvalue weighted by Gasteiger charge is -2.05. The summed E-state index contributed by atoms with van der Waals surface area (Å²) in [5.41, 5.74) is 4.79. The first-order chi connectivity index (χ1) is 8.45. The normalized spacial score (nSPS) is 10.6. The summed E-state index contributed by atoms with van der Waals surface area (Å²) in [7, 11) is 2.00. The number of benzene rings is 1. The van der Waals surface area contributed by atoms with Gasteiger partial charge in [-0.15, -0.1) is 0 Å². The fourth-order valence-electron chi connectivity index (χ4n) is 2.28. The summed E-state index contributed by atoms with van der Waals surface area (Å²) < 4.78 is 2.05. The number of hydrogen-bond donors (Lipinski definition) is 0. The van der Waals surface area contributed by atoms with Gasteiger partial charge in [0.1, 0.15) is 0 Å². The number of nitrogens with zero attached hydrogens (tertiary/aromatic N) is 1. The van der Waals surface area contributed by atoms with Crippen LogP contribution in [0.3, 0.4) is 0 Å². The van der Waals surface area contributed by atoms with Crippen molar-refractivity contribution in [3.63, 3.8) is 0 Å². The minimum Gasteiger partial charge on any atom is -0.350 e. The van der Waals surface area contributed by atoms with E-state index in [1.54, 1.807) is 13.0 Å². The monoisotopic (exact) mass is 239 g/mol. The van der Waals surface area contributed by atoms with Crippen LogP contribution in [0.5, 0.6) is 0 Å². The molecular weight excluding hydrogens is 222 g/mol. The van der Waals surface area contributed by atoms with Crippen molar-refractivity contribution in [2.24, 2.45) is 7.05 Å². The molecule has 1 aromatic carbocycles. The van der Waals surface area contributed by atoms with Crippen molar-refractivity contribution in [2.45, 2.75) is 13.8 Å². The Kier molecular flexibility index (Phi) is 2.95. The molecule has 2 heteroatoms. The third-order valence-corrected chi connectivity index (χ3v) is 3.31. The van der Waals surface area contributed by atoms with E-state index in [2.05, 4.69) is 17.7 Å². The van der Waals surface area contributed by atoms with Crippen molar-refractivity contribution < 1.29 is 4.79 Å². The van der Waals surface area contributed by atoms with Gasteiger partial charge in [-0.2, -0.15) is 0 Å². The Morgan fingerprint density at radius 3 is 2.56 bits per heavy atom. The molecule has 0 saturated carbocycles. The molecule has 0 fully saturated rings. The summed E-state index contributed by atoms with van der Waals surface area (Å²) in [6, 6.07) is 4.00. The Labute approximate surface area is 107 Å². The van der Waals surface area contributed by atoms with Gasteiger partial charge in [0, 0.05) is 35.3 Å². The van der Waals surface area contributed by atoms with Gasteiger partial charge in [-0.25, -0.2) is 0 Å². The lowest BCUT2D eigenvalue weighted by molar-refractivity contribution is 0.101. The van der Waals surface area contributed by atoms with Crippen LogP contribution in [0.4, 0.5) is 0 Å². The van der Waals surface area contributed by atoms with Crippen molar-refractivity contribution in [3.8, 4) is 0 Å². The van der Waals surface area contributed by atoms with E-state index in [-0.39, 0.29) is 5.78 Å². The van der Waals surface area contributed by atoms with Gasteiger partial charge in [0.15, 0.2) is 5.78 Å². The van der Waals surface area contributed by atoms with Gasteiger partial charge in [0.25, 0.3) is 0 Å². The number of aromatic nitrogens is 1. The molecule has 0 atom stereocenters. The molecule has 0 radical (unpaired) electrons. The van der Waals surface area contributed by atoms with Crippen LogP contribution in [0.2, 0.25) is 0 Å². The van der Waals surface area contributed by atoms with Crippen molar-refractivity contribution in [1.29, 1.82) is 0 Å². The zero-order valence-corrected chi connectivity index (χ0v) is 11.1. The smallest absolute Gasteiger partial charge is 0.160 e. The van der Waals surface area contributed by atoms with Crippen LogP contribution in [0.1, 0.15) is 28.4 Å². The largest absolute Gasteiger partial charge is 0.350 e. The van der Waals surface area contributed by atoms with Gasteiger partial charge in [-0.3, -0.25) is 4.79 Å². The van der Waals surface area contributed by atoms with Gasteiger partial charge in [0.05, 0.1) is 0 Å². The lowest BCUT2D eigenvalue weighted by Crippen LogP contribution is -1.96. The molecule has 0 bridgehead atoms. The van der Waals surface area contributed by atoms with E-state index in [4.69, 9.17) is 0 Å². The van der Waals surface area contributed by atoms with Crippen LogP contribution < -0.4 is 0 Å². The molecule has 2 rings (SSSR count). The minimum atomic E-state index is 0.0911. The zero-order valence-electron chi connectivity index (χ0n) is 11.1. The van der Waals surface area contributed by atoms with E-state index in [0.717, 1.165) is 33.2 Å². The summed E-state index contributed by atoms with van der Waals surface area (Å²) in [4.78, 5) is 11.6. The highest BCUT2D eigenvalue weighted by Crippen LogP contribution is 2.29. The summed E-state index contributed by atoms with van der Waals surface area (Å²) in [6.45, 7) is 11.3. The number of allylic oxidation sites excluding steroid dienone is 2. The number of hydrogen-bond acceptors (Lipinski definition) is 1. The minimum absolute atomic E-state index is 0.0911. The van der Waals surface area contributed by atoms with Crippen LogP contribution in [0, 0.1) is 6.92 Å². The molecule has 0 aliphatic rings. The molecule has 92 valence electrons. The highest BCUT2D eigenvalue weighted by atomic mass is 16.1. The molecule has 0 aliphatic heterocycles. The number of fused-ring (bicyclic) bond motifs is 1. The fraction of sp³-hybridized carbons (Fsp3) is 0.188. The Hall–Kier alpha value is -2.09. The predicted molar refractivity (Wildman–Crippen MR) is 76.9 cm³/mol. The maximum absolute atomic E-state index is 11.6. The molecule has 0 amide bonds. The first-order valence-corrected chi connectivity index (χ1v) is 5.88. The standard InChI is InChI=1S/C16H17NO/c1-6-10(2)15-9-17(5)16-7-11(3)13(12(4)18)8-14(15)16/h6-9H,1-2H2,3-5H3. The molecule has 1 aromatic heterocycles. The Balaban J connectivity index is 2.84. The van der Waals surface area contributed by atoms with E-state index in [1.165, 1.54) is 0 Å². The number of ketones is 1. The third-order valence-electron chi connectivity index (χ3n) is 3.31. The Morgan fingerprint density at radius 1 is 1.33 bits per heavy atom. The first kappa shape index (κ1) is 12.4. The van der Waals surface area contributed by atoms with Gasteiger partial charge in [-0.05, 0) is 37.1 Å². The second-order valence-corrected chi connectivity index (χ2v) is 4.62. The van der Waals surface area contributed by atoms with Crippen LogP contribution in [0.15, 0.2) is 37.6 Å². The Bertz CT molecular complexity index is 674. The molecule has 0 saturated heterocycles. The lowest BCUT2D eigenvalue weighted by atomic mass is 9.99. The van der Waals surface area contributed by atoms with Gasteiger partial charge >= 0.3 is 0 Å². The molecule has 0 N–H and O–H groups in total. The van der Waals surface area contributed by atoms with Crippen molar-refractivity contribution >= 4 is 22.3 Å². The summed E-state index contributed by atoms with van der Waals surface area (Å²) in [5, 5.41) is 1.05. The molecular formula is C16H17NO. The maximum Gasteiger partial charge on any atom is 0.160 e. The maximum atomic E-state index is 11.6. The number of aryl methyl sites for hydroxylation is 2. The zero-order chi connectivity index (χ0) is 13.4. The van der Waals surface area contributed by atoms with E-state index < -0.39 is 0 Å². The SMILES string of the molecule is C=CC(=C)c1cn(C)c2cc(C)c(C(C)=O)cc12. The Morgan fingerprint density at radius 2 is 2.00 bits per heavy atom. The van der Waals surface area contributed by atoms with Gasteiger partial charge in [0.2, 0.25) is 0 Å². The van der Waals surface area contributed by atoms with Crippen molar-refractivity contribution in [3.05, 3.63) is 54.3 Å². The molecule has 1 heterocycles. The first-order valence-electron chi connectivity index (χ1n) is 5.88. The second kappa shape index (κ2) is 4.30. The summed E-state index contributed by atoms with van der Waals surface area (Å²) in [5.74, 6) is 0.0911. The highest BCUT2D eigenvalue weighted by Gasteiger charge is 2.12. The fourth-order valence-corrected chi connectivity index (χ4v) is 2.28. The molecule has 0 aliphatic carbocycles. The molecule has 18 heavy (non-hydrogen) atoms. The van der Waals surface area contributed by atoms with Crippen molar-refractivity contribution in [1.82, 2.24) is 4.57 Å². The van der Waals surface area contributed by atoms with E-state index >= 15 is 0 Å². The summed E-state index contributed by atoms with van der Waals surface area (Å²) >= 11 is 0. The highest BCUT2D eigenvalue weighted by molar-refractivity contribution is 6.03. The topological polar surface area (TPSA) is 22.0 Å². The van der Waals surface area contributed by atoms with Crippen LogP contribution >= 0.6 is 0 Å². The third kappa shape index (κ3) is 1.80.